The Labute approximate surface area is 107 Å². The minimum absolute atomic E-state index is 0.521. The molecule has 92 valence electrons. The van der Waals surface area contributed by atoms with Crippen molar-refractivity contribution in [2.45, 2.75) is 6.17 Å². The van der Waals surface area contributed by atoms with Crippen molar-refractivity contribution in [2.75, 3.05) is 5.43 Å². The molecule has 1 atom stereocenters. The molecule has 0 fully saturated rings. The van der Waals surface area contributed by atoms with Gasteiger partial charge in [0.05, 0.1) is 16.4 Å². The van der Waals surface area contributed by atoms with E-state index in [1.165, 1.54) is 17.6 Å². The molecular formula is C10H11N7S. The number of fused-ring (bicyclic) bond motifs is 1. The molecular weight excluding hydrogens is 250 g/mol. The second kappa shape index (κ2) is 4.33. The molecule has 1 aromatic heterocycles. The van der Waals surface area contributed by atoms with Gasteiger partial charge >= 0.3 is 0 Å². The van der Waals surface area contributed by atoms with Crippen LogP contribution < -0.4 is 17.0 Å². The van der Waals surface area contributed by atoms with Gasteiger partial charge < -0.3 is 5.73 Å². The highest BCUT2D eigenvalue weighted by atomic mass is 32.1. The molecule has 0 bridgehead atoms. The molecule has 8 heteroatoms. The summed E-state index contributed by atoms with van der Waals surface area (Å²) in [6.07, 6.45) is 0.997. The van der Waals surface area contributed by atoms with Gasteiger partial charge in [-0.1, -0.05) is 23.5 Å². The molecule has 2 aromatic rings. The van der Waals surface area contributed by atoms with Crippen molar-refractivity contribution >= 4 is 38.6 Å². The molecule has 0 aliphatic carbocycles. The third-order valence-corrected chi connectivity index (χ3v) is 3.43. The van der Waals surface area contributed by atoms with Gasteiger partial charge in [0.2, 0.25) is 5.13 Å². The number of benzene rings is 1. The van der Waals surface area contributed by atoms with Crippen LogP contribution in [0.25, 0.3) is 10.2 Å². The Kier molecular flexibility index (Phi) is 2.67. The second-order valence-electron chi connectivity index (χ2n) is 3.70. The van der Waals surface area contributed by atoms with E-state index in [-0.39, 0.29) is 0 Å². The summed E-state index contributed by atoms with van der Waals surface area (Å²) in [4.78, 5) is 4.39. The first-order chi connectivity index (χ1) is 8.74. The van der Waals surface area contributed by atoms with Crippen molar-refractivity contribution < 1.29 is 0 Å². The smallest absolute Gasteiger partial charge is 0.204 e. The fraction of sp³-hybridized carbons (Fsp3) is 0.100. The molecule has 0 saturated heterocycles. The predicted molar refractivity (Wildman–Crippen MR) is 73.2 cm³/mol. The molecule has 0 amide bonds. The van der Waals surface area contributed by atoms with Gasteiger partial charge in [-0.05, 0) is 12.1 Å². The van der Waals surface area contributed by atoms with Gasteiger partial charge in [0.15, 0.2) is 6.17 Å². The third kappa shape index (κ3) is 1.92. The number of nitrogens with one attached hydrogen (secondary N) is 1. The number of para-hydroxylation sites is 1. The Hall–Kier alpha value is -2.03. The summed E-state index contributed by atoms with van der Waals surface area (Å²) in [5, 5.41) is 9.83. The second-order valence-corrected chi connectivity index (χ2v) is 4.74. The summed E-state index contributed by atoms with van der Waals surface area (Å²) >= 11 is 1.52. The van der Waals surface area contributed by atoms with Crippen molar-refractivity contribution in [3.05, 3.63) is 24.3 Å². The summed E-state index contributed by atoms with van der Waals surface area (Å²) in [7, 11) is 0. The molecule has 1 aromatic carbocycles. The quantitative estimate of drug-likeness (QED) is 0.540. The van der Waals surface area contributed by atoms with Crippen LogP contribution in [0.5, 0.6) is 0 Å². The van der Waals surface area contributed by atoms with Crippen LogP contribution in [0.1, 0.15) is 0 Å². The van der Waals surface area contributed by atoms with Gasteiger partial charge in [-0.3, -0.25) is 5.43 Å². The largest absolute Gasteiger partial charge is 0.303 e. The lowest BCUT2D eigenvalue weighted by molar-refractivity contribution is 0.280. The maximum atomic E-state index is 5.75. The number of rotatable bonds is 2. The third-order valence-electron chi connectivity index (χ3n) is 2.49. The lowest BCUT2D eigenvalue weighted by Gasteiger charge is -2.12. The van der Waals surface area contributed by atoms with E-state index in [0.717, 1.165) is 15.3 Å². The summed E-state index contributed by atoms with van der Waals surface area (Å²) in [6, 6.07) is 7.88. The van der Waals surface area contributed by atoms with Crippen LogP contribution in [0.2, 0.25) is 0 Å². The predicted octanol–water partition coefficient (Wildman–Crippen LogP) is 0.524. The van der Waals surface area contributed by atoms with E-state index in [1.54, 1.807) is 0 Å². The van der Waals surface area contributed by atoms with Crippen LogP contribution in [-0.4, -0.2) is 28.2 Å². The highest BCUT2D eigenvalue weighted by Gasteiger charge is 2.20. The average Bonchev–Trinajstić information content (AvgIpc) is 2.92. The number of hydrogen-bond acceptors (Lipinski definition) is 8. The molecule has 3 rings (SSSR count). The van der Waals surface area contributed by atoms with E-state index >= 15 is 0 Å². The molecule has 2 heterocycles. The van der Waals surface area contributed by atoms with Crippen molar-refractivity contribution in [1.29, 1.82) is 0 Å². The normalized spacial score (nSPS) is 21.1. The van der Waals surface area contributed by atoms with Gasteiger partial charge in [0.1, 0.15) is 5.71 Å². The minimum atomic E-state index is -0.521. The maximum absolute atomic E-state index is 5.75. The van der Waals surface area contributed by atoms with Gasteiger partial charge in [0.25, 0.3) is 0 Å². The van der Waals surface area contributed by atoms with Crippen molar-refractivity contribution in [1.82, 2.24) is 10.1 Å². The van der Waals surface area contributed by atoms with Crippen molar-refractivity contribution in [3.63, 3.8) is 0 Å². The Morgan fingerprint density at radius 1 is 1.39 bits per heavy atom. The summed E-state index contributed by atoms with van der Waals surface area (Å²) < 4.78 is 1.10. The van der Waals surface area contributed by atoms with Gasteiger partial charge in [-0.15, -0.1) is 0 Å². The summed E-state index contributed by atoms with van der Waals surface area (Å²) in [5.74, 6) is 5.49. The Bertz CT molecular complexity index is 599. The monoisotopic (exact) mass is 261 g/mol. The molecule has 18 heavy (non-hydrogen) atoms. The van der Waals surface area contributed by atoms with Crippen molar-refractivity contribution in [2.24, 2.45) is 21.8 Å². The molecule has 0 saturated carbocycles. The van der Waals surface area contributed by atoms with E-state index < -0.39 is 6.17 Å². The number of anilines is 1. The zero-order valence-electron chi connectivity index (χ0n) is 9.32. The number of thiazole rings is 1. The highest BCUT2D eigenvalue weighted by molar-refractivity contribution is 7.22. The van der Waals surface area contributed by atoms with Crippen LogP contribution in [0.15, 0.2) is 34.5 Å². The van der Waals surface area contributed by atoms with E-state index in [0.29, 0.717) is 10.8 Å². The lowest BCUT2D eigenvalue weighted by atomic mass is 10.3. The molecule has 1 aliphatic rings. The minimum Gasteiger partial charge on any atom is -0.303 e. The van der Waals surface area contributed by atoms with E-state index in [9.17, 15) is 0 Å². The molecule has 0 radical (unpaired) electrons. The van der Waals surface area contributed by atoms with Crippen molar-refractivity contribution in [3.8, 4) is 0 Å². The van der Waals surface area contributed by atoms with Crippen LogP contribution in [0, 0.1) is 0 Å². The first kappa shape index (κ1) is 11.1. The first-order valence-electron chi connectivity index (χ1n) is 5.27. The molecule has 7 nitrogen and oxygen atoms in total. The fourth-order valence-corrected chi connectivity index (χ4v) is 2.35. The maximum Gasteiger partial charge on any atom is 0.204 e. The van der Waals surface area contributed by atoms with Crippen LogP contribution in [0.3, 0.4) is 0 Å². The Morgan fingerprint density at radius 2 is 2.22 bits per heavy atom. The molecule has 1 aliphatic heterocycles. The van der Waals surface area contributed by atoms with E-state index in [4.69, 9.17) is 11.6 Å². The van der Waals surface area contributed by atoms with E-state index in [2.05, 4.69) is 20.6 Å². The highest BCUT2D eigenvalue weighted by Crippen LogP contribution is 2.25. The lowest BCUT2D eigenvalue weighted by Crippen LogP contribution is -2.44. The van der Waals surface area contributed by atoms with Crippen LogP contribution in [0.4, 0.5) is 5.13 Å². The molecule has 5 N–H and O–H groups in total. The Balaban J connectivity index is 1.81. The standard InChI is InChI=1S/C10H11N7S/c11-9-7(5-13-17(9)12)15-16-10-14-6-3-1-2-4-8(6)18-10/h1-5,9H,11-12H2,(H,14,16). The Morgan fingerprint density at radius 3 is 2.94 bits per heavy atom. The van der Waals surface area contributed by atoms with Gasteiger partial charge in [-0.2, -0.15) is 10.2 Å². The summed E-state index contributed by atoms with van der Waals surface area (Å²) in [6.45, 7) is 0. The van der Waals surface area contributed by atoms with Gasteiger partial charge in [0, 0.05) is 0 Å². The van der Waals surface area contributed by atoms with Crippen LogP contribution in [-0.2, 0) is 0 Å². The summed E-state index contributed by atoms with van der Waals surface area (Å²) in [5.41, 5.74) is 10.1. The van der Waals surface area contributed by atoms with E-state index in [1.807, 2.05) is 24.3 Å². The molecule has 1 unspecified atom stereocenters. The number of hydrazone groups is 2. The number of nitrogens with zero attached hydrogens (tertiary/aromatic N) is 4. The zero-order valence-corrected chi connectivity index (χ0v) is 10.1. The average molecular weight is 261 g/mol. The number of hydrogen-bond donors (Lipinski definition) is 3. The number of aromatic nitrogens is 1. The zero-order chi connectivity index (χ0) is 12.5. The SMILES string of the molecule is NC1C(=NNc2nc3ccccc3s2)C=NN1N. The fourth-order valence-electron chi connectivity index (χ4n) is 1.54. The first-order valence-corrected chi connectivity index (χ1v) is 6.08. The van der Waals surface area contributed by atoms with Crippen LogP contribution >= 0.6 is 11.3 Å². The molecule has 0 spiro atoms. The number of hydrazine groups is 1. The number of nitrogens with two attached hydrogens (primary N) is 2. The topological polar surface area (TPSA) is 105 Å². The van der Waals surface area contributed by atoms with Gasteiger partial charge in [-0.25, -0.2) is 15.9 Å².